The van der Waals surface area contributed by atoms with Crippen molar-refractivity contribution in [1.82, 2.24) is 9.78 Å². The van der Waals surface area contributed by atoms with E-state index < -0.39 is 5.97 Å². The summed E-state index contributed by atoms with van der Waals surface area (Å²) in [4.78, 5) is 11.2. The van der Waals surface area contributed by atoms with Gasteiger partial charge in [0.1, 0.15) is 0 Å². The Kier molecular flexibility index (Phi) is 3.74. The molecule has 0 saturated heterocycles. The van der Waals surface area contributed by atoms with E-state index in [1.54, 1.807) is 6.20 Å². The molecule has 0 atom stereocenters. The summed E-state index contributed by atoms with van der Waals surface area (Å²) in [6.07, 6.45) is 1.57. The quantitative estimate of drug-likeness (QED) is 0.796. The lowest BCUT2D eigenvalue weighted by Crippen LogP contribution is -2.06. The summed E-state index contributed by atoms with van der Waals surface area (Å²) in [6.45, 7) is 2.34. The molecule has 82 valence electrons. The van der Waals surface area contributed by atoms with Crippen LogP contribution >= 0.6 is 11.6 Å². The molecule has 1 aromatic heterocycles. The van der Waals surface area contributed by atoms with Crippen LogP contribution in [0.2, 0.25) is 0 Å². The minimum Gasteiger partial charge on any atom is -0.464 e. The Morgan fingerprint density at radius 3 is 3.00 bits per heavy atom. The van der Waals surface area contributed by atoms with Crippen molar-refractivity contribution in [1.29, 1.82) is 0 Å². The zero-order valence-corrected chi connectivity index (χ0v) is 9.28. The van der Waals surface area contributed by atoms with Gasteiger partial charge in [0.2, 0.25) is 0 Å². The first-order valence-electron chi connectivity index (χ1n) is 4.25. The van der Waals surface area contributed by atoms with Gasteiger partial charge < -0.3 is 10.5 Å². The number of rotatable bonds is 3. The molecule has 0 spiro atoms. The van der Waals surface area contributed by atoms with E-state index in [9.17, 15) is 4.79 Å². The van der Waals surface area contributed by atoms with E-state index in [2.05, 4.69) is 9.84 Å². The van der Waals surface area contributed by atoms with E-state index in [0.29, 0.717) is 12.2 Å². The monoisotopic (exact) mass is 229 g/mol. The number of aromatic nitrogens is 2. The zero-order chi connectivity index (χ0) is 11.4. The van der Waals surface area contributed by atoms with Gasteiger partial charge in [-0.3, -0.25) is 4.68 Å². The first-order chi connectivity index (χ1) is 7.08. The number of nitrogens with two attached hydrogens (primary N) is 1. The molecule has 1 heterocycles. The summed E-state index contributed by atoms with van der Waals surface area (Å²) in [5.41, 5.74) is 8.39. The van der Waals surface area contributed by atoms with Gasteiger partial charge >= 0.3 is 5.97 Å². The van der Waals surface area contributed by atoms with Gasteiger partial charge in [0.25, 0.3) is 0 Å². The van der Waals surface area contributed by atoms with E-state index in [-0.39, 0.29) is 5.69 Å². The molecule has 0 unspecified atom stereocenters. The second-order valence-corrected chi connectivity index (χ2v) is 3.30. The minimum absolute atomic E-state index is 0.125. The van der Waals surface area contributed by atoms with Gasteiger partial charge in [0, 0.05) is 11.7 Å². The molecule has 0 bridgehead atoms. The highest BCUT2D eigenvalue weighted by Gasteiger charge is 2.14. The molecule has 0 saturated carbocycles. The smallest absolute Gasteiger partial charge is 0.360 e. The lowest BCUT2D eigenvalue weighted by atomic mass is 10.3. The van der Waals surface area contributed by atoms with E-state index in [0.717, 1.165) is 5.57 Å². The van der Waals surface area contributed by atoms with Gasteiger partial charge in [-0.1, -0.05) is 11.6 Å². The molecule has 1 rings (SSSR count). The van der Waals surface area contributed by atoms with E-state index >= 15 is 0 Å². The maximum atomic E-state index is 11.2. The fraction of sp³-hybridized carbons (Fsp3) is 0.333. The van der Waals surface area contributed by atoms with Crippen molar-refractivity contribution in [2.75, 3.05) is 12.8 Å². The van der Waals surface area contributed by atoms with Crippen LogP contribution in [-0.2, 0) is 11.3 Å². The third-order valence-corrected chi connectivity index (χ3v) is 2.14. The Morgan fingerprint density at radius 2 is 2.47 bits per heavy atom. The summed E-state index contributed by atoms with van der Waals surface area (Å²) in [5.74, 6) is -0.543. The fourth-order valence-corrected chi connectivity index (χ4v) is 1.13. The number of anilines is 1. The molecule has 5 nitrogen and oxygen atoms in total. The summed E-state index contributed by atoms with van der Waals surface area (Å²) in [6, 6.07) is 0. The number of ether oxygens (including phenoxy) is 1. The SMILES string of the molecule is COC(=O)c1nn(C/C(C)=C/Cl)cc1N. The van der Waals surface area contributed by atoms with Crippen LogP contribution in [0.4, 0.5) is 5.69 Å². The predicted molar refractivity (Wildman–Crippen MR) is 57.6 cm³/mol. The maximum Gasteiger partial charge on any atom is 0.360 e. The summed E-state index contributed by atoms with van der Waals surface area (Å²) >= 11 is 5.51. The number of hydrogen-bond acceptors (Lipinski definition) is 4. The molecule has 6 heteroatoms. The van der Waals surface area contributed by atoms with Gasteiger partial charge in [-0.15, -0.1) is 0 Å². The number of carbonyl (C=O) groups is 1. The van der Waals surface area contributed by atoms with Crippen LogP contribution in [0.5, 0.6) is 0 Å². The van der Waals surface area contributed by atoms with Crippen LogP contribution in [0, 0.1) is 0 Å². The molecule has 0 aromatic carbocycles. The van der Waals surface area contributed by atoms with Crippen LogP contribution in [0.3, 0.4) is 0 Å². The van der Waals surface area contributed by atoms with Crippen LogP contribution < -0.4 is 5.73 Å². The summed E-state index contributed by atoms with van der Waals surface area (Å²) in [5, 5.41) is 3.99. The van der Waals surface area contributed by atoms with Crippen molar-refractivity contribution in [3.8, 4) is 0 Å². The second-order valence-electron chi connectivity index (χ2n) is 3.08. The van der Waals surface area contributed by atoms with Crippen molar-refractivity contribution in [3.63, 3.8) is 0 Å². The number of nitrogen functional groups attached to an aromatic ring is 1. The Morgan fingerprint density at radius 1 is 1.80 bits per heavy atom. The topological polar surface area (TPSA) is 70.1 Å². The molecule has 0 aliphatic carbocycles. The van der Waals surface area contributed by atoms with E-state index in [4.69, 9.17) is 17.3 Å². The van der Waals surface area contributed by atoms with Crippen LogP contribution in [0.25, 0.3) is 0 Å². The molecule has 0 aliphatic rings. The Labute approximate surface area is 92.5 Å². The number of esters is 1. The normalized spacial score (nSPS) is 11.5. The molecule has 0 amide bonds. The predicted octanol–water partition coefficient (Wildman–Crippen LogP) is 1.39. The van der Waals surface area contributed by atoms with Crippen molar-refractivity contribution in [2.45, 2.75) is 13.5 Å². The lowest BCUT2D eigenvalue weighted by molar-refractivity contribution is 0.0594. The van der Waals surface area contributed by atoms with Crippen molar-refractivity contribution >= 4 is 23.3 Å². The van der Waals surface area contributed by atoms with E-state index in [1.807, 2.05) is 6.92 Å². The second kappa shape index (κ2) is 4.84. The zero-order valence-electron chi connectivity index (χ0n) is 8.53. The average molecular weight is 230 g/mol. The maximum absolute atomic E-state index is 11.2. The van der Waals surface area contributed by atoms with Crippen LogP contribution in [0.15, 0.2) is 17.3 Å². The third kappa shape index (κ3) is 2.73. The standard InChI is InChI=1S/C9H12ClN3O2/c1-6(3-10)4-13-5-7(11)8(12-13)9(14)15-2/h3,5H,4,11H2,1-2H3/b6-3+. The fourth-order valence-electron chi connectivity index (χ4n) is 1.06. The van der Waals surface area contributed by atoms with Gasteiger partial charge in [0.15, 0.2) is 5.69 Å². The summed E-state index contributed by atoms with van der Waals surface area (Å²) < 4.78 is 6.06. The number of carbonyl (C=O) groups excluding carboxylic acids is 1. The largest absolute Gasteiger partial charge is 0.464 e. The lowest BCUT2D eigenvalue weighted by Gasteiger charge is -1.99. The number of halogens is 1. The molecule has 0 radical (unpaired) electrons. The average Bonchev–Trinajstić information content (AvgIpc) is 2.58. The van der Waals surface area contributed by atoms with Crippen LogP contribution in [-0.4, -0.2) is 22.9 Å². The molecule has 2 N–H and O–H groups in total. The molecule has 0 aliphatic heterocycles. The molecule has 0 fully saturated rings. The van der Waals surface area contributed by atoms with Gasteiger partial charge in [0.05, 0.1) is 19.3 Å². The van der Waals surface area contributed by atoms with Crippen LogP contribution in [0.1, 0.15) is 17.4 Å². The van der Waals surface area contributed by atoms with Gasteiger partial charge in [-0.2, -0.15) is 5.10 Å². The Bertz CT molecular complexity index is 398. The van der Waals surface area contributed by atoms with Crippen molar-refractivity contribution in [2.24, 2.45) is 0 Å². The van der Waals surface area contributed by atoms with Crippen molar-refractivity contribution < 1.29 is 9.53 Å². The molecular formula is C9H12ClN3O2. The summed E-state index contributed by atoms with van der Waals surface area (Å²) in [7, 11) is 1.28. The third-order valence-electron chi connectivity index (χ3n) is 1.77. The molecule has 15 heavy (non-hydrogen) atoms. The highest BCUT2D eigenvalue weighted by molar-refractivity contribution is 6.25. The van der Waals surface area contributed by atoms with Crippen molar-refractivity contribution in [3.05, 3.63) is 23.0 Å². The Hall–Kier alpha value is -1.49. The first-order valence-corrected chi connectivity index (χ1v) is 4.69. The Balaban J connectivity index is 2.91. The number of nitrogens with zero attached hydrogens (tertiary/aromatic N) is 2. The number of allylic oxidation sites excluding steroid dienone is 1. The molecular weight excluding hydrogens is 218 g/mol. The van der Waals surface area contributed by atoms with Gasteiger partial charge in [-0.05, 0) is 12.5 Å². The number of methoxy groups -OCH3 is 1. The number of hydrogen-bond donors (Lipinski definition) is 1. The van der Waals surface area contributed by atoms with Gasteiger partial charge in [-0.25, -0.2) is 4.79 Å². The first kappa shape index (κ1) is 11.6. The minimum atomic E-state index is -0.543. The van der Waals surface area contributed by atoms with E-state index in [1.165, 1.54) is 17.3 Å². The highest BCUT2D eigenvalue weighted by Crippen LogP contribution is 2.11. The molecule has 1 aromatic rings. The highest BCUT2D eigenvalue weighted by atomic mass is 35.5.